The van der Waals surface area contributed by atoms with E-state index in [-0.39, 0.29) is 12.0 Å². The molecule has 1 atom stereocenters. The number of benzene rings is 1. The number of hydrogen-bond donors (Lipinski definition) is 1. The first-order chi connectivity index (χ1) is 8.95. The summed E-state index contributed by atoms with van der Waals surface area (Å²) in [6.07, 6.45) is 2.02. The predicted molar refractivity (Wildman–Crippen MR) is 76.3 cm³/mol. The SMILES string of the molecule is COC(=O)C(C)(C)CNC1CCc2c(Cl)cccc21. The monoisotopic (exact) mass is 281 g/mol. The molecular weight excluding hydrogens is 262 g/mol. The summed E-state index contributed by atoms with van der Waals surface area (Å²) < 4.78 is 4.82. The standard InChI is InChI=1S/C15H20ClNO2/c1-15(2,14(18)19-3)9-17-13-8-7-10-11(13)5-4-6-12(10)16/h4-6,13,17H,7-9H2,1-3H3. The van der Waals surface area contributed by atoms with E-state index in [1.165, 1.54) is 18.2 Å². The van der Waals surface area contributed by atoms with Crippen LogP contribution in [-0.2, 0) is 16.0 Å². The van der Waals surface area contributed by atoms with Crippen molar-refractivity contribution in [2.24, 2.45) is 5.41 Å². The highest BCUT2D eigenvalue weighted by Gasteiger charge is 2.31. The quantitative estimate of drug-likeness (QED) is 0.862. The number of fused-ring (bicyclic) bond motifs is 1. The molecule has 1 aliphatic carbocycles. The topological polar surface area (TPSA) is 38.3 Å². The molecule has 0 spiro atoms. The molecular formula is C15H20ClNO2. The van der Waals surface area contributed by atoms with Crippen LogP contribution in [0.3, 0.4) is 0 Å². The summed E-state index contributed by atoms with van der Waals surface area (Å²) in [4.78, 5) is 11.7. The van der Waals surface area contributed by atoms with Crippen LogP contribution in [0.2, 0.25) is 5.02 Å². The van der Waals surface area contributed by atoms with E-state index in [4.69, 9.17) is 16.3 Å². The molecule has 0 radical (unpaired) electrons. The van der Waals surface area contributed by atoms with E-state index < -0.39 is 5.41 Å². The maximum atomic E-state index is 11.7. The van der Waals surface area contributed by atoms with E-state index in [1.54, 1.807) is 0 Å². The Hall–Kier alpha value is -1.06. The number of halogens is 1. The van der Waals surface area contributed by atoms with Gasteiger partial charge in [-0.25, -0.2) is 0 Å². The van der Waals surface area contributed by atoms with Gasteiger partial charge in [0.1, 0.15) is 0 Å². The Morgan fingerprint density at radius 2 is 2.26 bits per heavy atom. The molecule has 3 nitrogen and oxygen atoms in total. The number of nitrogens with one attached hydrogen (secondary N) is 1. The fourth-order valence-corrected chi connectivity index (χ4v) is 2.82. The molecule has 104 valence electrons. The molecule has 0 aromatic heterocycles. The Kier molecular flexibility index (Phi) is 4.16. The van der Waals surface area contributed by atoms with Gasteiger partial charge in [-0.15, -0.1) is 0 Å². The van der Waals surface area contributed by atoms with Crippen LogP contribution in [-0.4, -0.2) is 19.6 Å². The second kappa shape index (κ2) is 5.51. The minimum atomic E-state index is -0.518. The number of rotatable bonds is 4. The van der Waals surface area contributed by atoms with Crippen molar-refractivity contribution in [2.45, 2.75) is 32.7 Å². The molecule has 19 heavy (non-hydrogen) atoms. The van der Waals surface area contributed by atoms with E-state index in [2.05, 4.69) is 11.4 Å². The Balaban J connectivity index is 2.04. The predicted octanol–water partition coefficient (Wildman–Crippen LogP) is 3.12. The molecule has 1 aromatic carbocycles. The third kappa shape index (κ3) is 2.93. The van der Waals surface area contributed by atoms with Crippen LogP contribution >= 0.6 is 11.6 Å². The van der Waals surface area contributed by atoms with Crippen LogP contribution in [0.4, 0.5) is 0 Å². The van der Waals surface area contributed by atoms with Crippen LogP contribution in [0.15, 0.2) is 18.2 Å². The van der Waals surface area contributed by atoms with Crippen LogP contribution in [0.5, 0.6) is 0 Å². The lowest BCUT2D eigenvalue weighted by Crippen LogP contribution is -2.38. The van der Waals surface area contributed by atoms with Crippen LogP contribution in [0.25, 0.3) is 0 Å². The second-order valence-electron chi connectivity index (χ2n) is 5.66. The fraction of sp³-hybridized carbons (Fsp3) is 0.533. The first-order valence-corrected chi connectivity index (χ1v) is 6.92. The van der Waals surface area contributed by atoms with Crippen molar-refractivity contribution < 1.29 is 9.53 Å². The molecule has 1 N–H and O–H groups in total. The van der Waals surface area contributed by atoms with Gasteiger partial charge in [0.05, 0.1) is 12.5 Å². The lowest BCUT2D eigenvalue weighted by Gasteiger charge is -2.24. The summed E-state index contributed by atoms with van der Waals surface area (Å²) in [5.74, 6) is -0.190. The molecule has 0 bridgehead atoms. The average molecular weight is 282 g/mol. The van der Waals surface area contributed by atoms with Gasteiger partial charge in [-0.05, 0) is 43.9 Å². The van der Waals surface area contributed by atoms with Crippen molar-refractivity contribution in [2.75, 3.05) is 13.7 Å². The summed E-state index contributed by atoms with van der Waals surface area (Å²) in [6.45, 7) is 4.37. The van der Waals surface area contributed by atoms with Crippen molar-refractivity contribution in [3.05, 3.63) is 34.3 Å². The zero-order chi connectivity index (χ0) is 14.0. The Labute approximate surface area is 119 Å². The van der Waals surface area contributed by atoms with Crippen LogP contribution < -0.4 is 5.32 Å². The van der Waals surface area contributed by atoms with E-state index in [9.17, 15) is 4.79 Å². The van der Waals surface area contributed by atoms with Gasteiger partial charge in [-0.1, -0.05) is 23.7 Å². The van der Waals surface area contributed by atoms with Crippen molar-refractivity contribution >= 4 is 17.6 Å². The van der Waals surface area contributed by atoms with Gasteiger partial charge in [0.25, 0.3) is 0 Å². The molecule has 1 unspecified atom stereocenters. The third-order valence-electron chi connectivity index (χ3n) is 3.74. The molecule has 1 aromatic rings. The second-order valence-corrected chi connectivity index (χ2v) is 6.06. The normalized spacial score (nSPS) is 18.2. The molecule has 2 rings (SSSR count). The van der Waals surface area contributed by atoms with Crippen LogP contribution in [0.1, 0.15) is 37.4 Å². The number of ether oxygens (including phenoxy) is 1. The highest BCUT2D eigenvalue weighted by Crippen LogP contribution is 2.35. The zero-order valence-electron chi connectivity index (χ0n) is 11.6. The van der Waals surface area contributed by atoms with Crippen molar-refractivity contribution in [3.63, 3.8) is 0 Å². The Bertz CT molecular complexity index is 485. The summed E-state index contributed by atoms with van der Waals surface area (Å²) in [6, 6.07) is 6.29. The average Bonchev–Trinajstić information content (AvgIpc) is 2.80. The van der Waals surface area contributed by atoms with Gasteiger partial charge in [-0.2, -0.15) is 0 Å². The Morgan fingerprint density at radius 3 is 2.95 bits per heavy atom. The molecule has 0 fully saturated rings. The molecule has 0 saturated heterocycles. The molecule has 0 amide bonds. The largest absolute Gasteiger partial charge is 0.469 e. The molecule has 4 heteroatoms. The van der Waals surface area contributed by atoms with E-state index in [0.717, 1.165) is 17.9 Å². The van der Waals surface area contributed by atoms with Gasteiger partial charge in [0.15, 0.2) is 0 Å². The van der Waals surface area contributed by atoms with Gasteiger partial charge in [-0.3, -0.25) is 4.79 Å². The first kappa shape index (κ1) is 14.4. The number of carbonyl (C=O) groups is 1. The minimum absolute atomic E-state index is 0.190. The number of carbonyl (C=O) groups excluding carboxylic acids is 1. The third-order valence-corrected chi connectivity index (χ3v) is 4.10. The molecule has 0 saturated carbocycles. The van der Waals surface area contributed by atoms with Gasteiger partial charge < -0.3 is 10.1 Å². The van der Waals surface area contributed by atoms with E-state index >= 15 is 0 Å². The lowest BCUT2D eigenvalue weighted by molar-refractivity contribution is -0.150. The van der Waals surface area contributed by atoms with Crippen LogP contribution in [0, 0.1) is 5.41 Å². The smallest absolute Gasteiger partial charge is 0.312 e. The van der Waals surface area contributed by atoms with Crippen molar-refractivity contribution in [1.82, 2.24) is 5.32 Å². The maximum Gasteiger partial charge on any atom is 0.312 e. The summed E-state index contributed by atoms with van der Waals surface area (Å²) in [5.41, 5.74) is 1.97. The first-order valence-electron chi connectivity index (χ1n) is 6.55. The minimum Gasteiger partial charge on any atom is -0.469 e. The fourth-order valence-electron chi connectivity index (χ4n) is 2.55. The molecule has 0 aliphatic heterocycles. The van der Waals surface area contributed by atoms with E-state index in [1.807, 2.05) is 26.0 Å². The molecule has 1 aliphatic rings. The summed E-state index contributed by atoms with van der Waals surface area (Å²) in [5, 5.41) is 4.30. The van der Waals surface area contributed by atoms with Gasteiger partial charge >= 0.3 is 5.97 Å². The number of esters is 1. The number of hydrogen-bond acceptors (Lipinski definition) is 3. The summed E-state index contributed by atoms with van der Waals surface area (Å²) >= 11 is 6.20. The zero-order valence-corrected chi connectivity index (χ0v) is 12.4. The number of methoxy groups -OCH3 is 1. The summed E-state index contributed by atoms with van der Waals surface area (Å²) in [7, 11) is 1.43. The molecule has 0 heterocycles. The van der Waals surface area contributed by atoms with Gasteiger partial charge in [0, 0.05) is 17.6 Å². The highest BCUT2D eigenvalue weighted by molar-refractivity contribution is 6.31. The van der Waals surface area contributed by atoms with E-state index in [0.29, 0.717) is 6.54 Å². The van der Waals surface area contributed by atoms with Crippen molar-refractivity contribution in [3.8, 4) is 0 Å². The van der Waals surface area contributed by atoms with Crippen molar-refractivity contribution in [1.29, 1.82) is 0 Å². The lowest BCUT2D eigenvalue weighted by atomic mass is 9.93. The highest BCUT2D eigenvalue weighted by atomic mass is 35.5. The van der Waals surface area contributed by atoms with Gasteiger partial charge in [0.2, 0.25) is 0 Å². The Morgan fingerprint density at radius 1 is 1.53 bits per heavy atom. The maximum absolute atomic E-state index is 11.7.